The van der Waals surface area contributed by atoms with Crippen LogP contribution in [-0.4, -0.2) is 10.1 Å². The molecular weight excluding hydrogens is 196 g/mol. The average molecular weight is 202 g/mol. The van der Waals surface area contributed by atoms with Gasteiger partial charge in [0.05, 0.1) is 5.51 Å². The maximum Gasteiger partial charge on any atom is 0.241 e. The molecule has 0 aliphatic carbocycles. The zero-order valence-electron chi connectivity index (χ0n) is 7.18. The van der Waals surface area contributed by atoms with Crippen LogP contribution in [0.15, 0.2) is 40.4 Å². The van der Waals surface area contributed by atoms with E-state index in [0.29, 0.717) is 0 Å². The Labute approximate surface area is 84.0 Å². The molecule has 0 fully saturated rings. The van der Waals surface area contributed by atoms with E-state index in [2.05, 4.69) is 10.1 Å². The fourth-order valence-electron chi connectivity index (χ4n) is 1.37. The highest BCUT2D eigenvalue weighted by Gasteiger charge is 2.11. The number of thiazole rings is 1. The summed E-state index contributed by atoms with van der Waals surface area (Å²) in [5.41, 5.74) is 4.47. The first kappa shape index (κ1) is 7.70. The van der Waals surface area contributed by atoms with E-state index in [9.17, 15) is 0 Å². The molecule has 0 atom stereocenters. The molecular formula is C10H6N2OS. The molecule has 2 heterocycles. The minimum Gasteiger partial charge on any atom is -0.343 e. The van der Waals surface area contributed by atoms with Crippen molar-refractivity contribution in [1.82, 2.24) is 10.1 Å². The summed E-state index contributed by atoms with van der Waals surface area (Å²) in [6, 6.07) is 9.92. The summed E-state index contributed by atoms with van der Waals surface area (Å²) in [5, 5.41) is 4.00. The Balaban J connectivity index is 2.28. The summed E-state index contributed by atoms with van der Waals surface area (Å²) in [6.07, 6.45) is 0. The van der Waals surface area contributed by atoms with Gasteiger partial charge in [0.15, 0.2) is 0 Å². The Kier molecular flexibility index (Phi) is 1.61. The SMILES string of the molecule is c1ccc(-c2noc3scnc23)cc1. The lowest BCUT2D eigenvalue weighted by Crippen LogP contribution is -1.76. The van der Waals surface area contributed by atoms with Crippen molar-refractivity contribution in [3.63, 3.8) is 0 Å². The zero-order chi connectivity index (χ0) is 9.38. The molecule has 14 heavy (non-hydrogen) atoms. The Bertz CT molecular complexity index is 556. The Hall–Kier alpha value is -1.68. The predicted molar refractivity (Wildman–Crippen MR) is 55.1 cm³/mol. The summed E-state index contributed by atoms with van der Waals surface area (Å²) in [5.74, 6) is 0. The molecule has 0 unspecified atom stereocenters. The van der Waals surface area contributed by atoms with E-state index in [4.69, 9.17) is 4.52 Å². The molecule has 0 saturated heterocycles. The second-order valence-corrected chi connectivity index (χ2v) is 3.70. The lowest BCUT2D eigenvalue weighted by atomic mass is 10.1. The molecule has 0 amide bonds. The van der Waals surface area contributed by atoms with Crippen molar-refractivity contribution in [1.29, 1.82) is 0 Å². The summed E-state index contributed by atoms with van der Waals surface area (Å²) in [4.78, 5) is 5.00. The smallest absolute Gasteiger partial charge is 0.241 e. The van der Waals surface area contributed by atoms with Crippen LogP contribution in [0, 0.1) is 0 Å². The standard InChI is InChI=1S/C10H6N2OS/c1-2-4-7(5-3-1)8-9-10(13-12-8)14-6-11-9/h1-6H. The number of aromatic nitrogens is 2. The van der Waals surface area contributed by atoms with Crippen LogP contribution in [-0.2, 0) is 0 Å². The van der Waals surface area contributed by atoms with Gasteiger partial charge in [0.1, 0.15) is 11.2 Å². The molecule has 3 rings (SSSR count). The molecule has 0 aliphatic rings. The van der Waals surface area contributed by atoms with Crippen molar-refractivity contribution in [2.75, 3.05) is 0 Å². The van der Waals surface area contributed by atoms with Crippen LogP contribution in [0.4, 0.5) is 0 Å². The minimum atomic E-state index is 0.781. The van der Waals surface area contributed by atoms with Crippen LogP contribution < -0.4 is 0 Å². The van der Waals surface area contributed by atoms with E-state index in [-0.39, 0.29) is 0 Å². The largest absolute Gasteiger partial charge is 0.343 e. The fourth-order valence-corrected chi connectivity index (χ4v) is 1.97. The highest BCUT2D eigenvalue weighted by Crippen LogP contribution is 2.28. The monoisotopic (exact) mass is 202 g/mol. The Morgan fingerprint density at radius 1 is 1.14 bits per heavy atom. The van der Waals surface area contributed by atoms with Gasteiger partial charge < -0.3 is 4.52 Å². The lowest BCUT2D eigenvalue weighted by Gasteiger charge is -1.92. The van der Waals surface area contributed by atoms with E-state index in [1.165, 1.54) is 11.3 Å². The lowest BCUT2D eigenvalue weighted by molar-refractivity contribution is 0.465. The van der Waals surface area contributed by atoms with Crippen LogP contribution in [0.25, 0.3) is 21.7 Å². The van der Waals surface area contributed by atoms with E-state index >= 15 is 0 Å². The third-order valence-electron chi connectivity index (χ3n) is 2.03. The molecule has 4 heteroatoms. The highest BCUT2D eigenvalue weighted by atomic mass is 32.1. The van der Waals surface area contributed by atoms with Crippen LogP contribution in [0.5, 0.6) is 0 Å². The van der Waals surface area contributed by atoms with Crippen LogP contribution in [0.1, 0.15) is 0 Å². The molecule has 0 aliphatic heterocycles. The van der Waals surface area contributed by atoms with Gasteiger partial charge in [-0.1, -0.05) is 46.8 Å². The van der Waals surface area contributed by atoms with Gasteiger partial charge in [-0.25, -0.2) is 4.98 Å². The van der Waals surface area contributed by atoms with Crippen molar-refractivity contribution >= 4 is 21.8 Å². The quantitative estimate of drug-likeness (QED) is 0.609. The second-order valence-electron chi connectivity index (χ2n) is 2.89. The van der Waals surface area contributed by atoms with E-state index in [0.717, 1.165) is 21.7 Å². The topological polar surface area (TPSA) is 38.9 Å². The third kappa shape index (κ3) is 1.04. The van der Waals surface area contributed by atoms with Crippen molar-refractivity contribution in [2.24, 2.45) is 0 Å². The van der Waals surface area contributed by atoms with Crippen molar-refractivity contribution in [3.8, 4) is 11.3 Å². The number of benzene rings is 1. The highest BCUT2D eigenvalue weighted by molar-refractivity contribution is 7.16. The van der Waals surface area contributed by atoms with Gasteiger partial charge in [-0.05, 0) is 0 Å². The van der Waals surface area contributed by atoms with Crippen molar-refractivity contribution in [3.05, 3.63) is 35.8 Å². The fraction of sp³-hybridized carbons (Fsp3) is 0. The summed E-state index contributed by atoms with van der Waals surface area (Å²) in [7, 11) is 0. The van der Waals surface area contributed by atoms with Crippen molar-refractivity contribution < 1.29 is 4.52 Å². The first-order valence-electron chi connectivity index (χ1n) is 4.19. The van der Waals surface area contributed by atoms with Gasteiger partial charge in [0.2, 0.25) is 4.90 Å². The molecule has 0 bridgehead atoms. The Morgan fingerprint density at radius 2 is 2.00 bits per heavy atom. The molecule has 3 nitrogen and oxygen atoms in total. The van der Waals surface area contributed by atoms with Crippen molar-refractivity contribution in [2.45, 2.75) is 0 Å². The van der Waals surface area contributed by atoms with Gasteiger partial charge in [-0.15, -0.1) is 0 Å². The first-order valence-corrected chi connectivity index (χ1v) is 5.07. The molecule has 0 radical (unpaired) electrons. The summed E-state index contributed by atoms with van der Waals surface area (Å²) >= 11 is 1.46. The Morgan fingerprint density at radius 3 is 2.86 bits per heavy atom. The first-order chi connectivity index (χ1) is 6.95. The van der Waals surface area contributed by atoms with Crippen LogP contribution >= 0.6 is 11.3 Å². The summed E-state index contributed by atoms with van der Waals surface area (Å²) < 4.78 is 5.15. The number of rotatable bonds is 1. The molecule has 0 N–H and O–H groups in total. The van der Waals surface area contributed by atoms with E-state index in [1.807, 2.05) is 30.3 Å². The molecule has 1 aromatic carbocycles. The van der Waals surface area contributed by atoms with Gasteiger partial charge in [0.25, 0.3) is 0 Å². The number of fused-ring (bicyclic) bond motifs is 1. The van der Waals surface area contributed by atoms with E-state index < -0.39 is 0 Å². The average Bonchev–Trinajstić information content (AvgIpc) is 2.79. The molecule has 68 valence electrons. The zero-order valence-corrected chi connectivity index (χ0v) is 7.99. The van der Waals surface area contributed by atoms with Gasteiger partial charge >= 0.3 is 0 Å². The second kappa shape index (κ2) is 2.92. The minimum absolute atomic E-state index is 0.781. The number of hydrogen-bond acceptors (Lipinski definition) is 4. The molecule has 2 aromatic heterocycles. The predicted octanol–water partition coefficient (Wildman–Crippen LogP) is 2.95. The normalized spacial score (nSPS) is 10.9. The molecule has 0 spiro atoms. The maximum absolute atomic E-state index is 5.15. The summed E-state index contributed by atoms with van der Waals surface area (Å²) in [6.45, 7) is 0. The maximum atomic E-state index is 5.15. The van der Waals surface area contributed by atoms with Crippen LogP contribution in [0.2, 0.25) is 0 Å². The number of nitrogens with zero attached hydrogens (tertiary/aromatic N) is 2. The van der Waals surface area contributed by atoms with Gasteiger partial charge in [-0.3, -0.25) is 0 Å². The van der Waals surface area contributed by atoms with Crippen LogP contribution in [0.3, 0.4) is 0 Å². The molecule has 0 saturated carbocycles. The number of hydrogen-bond donors (Lipinski definition) is 0. The van der Waals surface area contributed by atoms with Gasteiger partial charge in [-0.2, -0.15) is 0 Å². The molecule has 3 aromatic rings. The third-order valence-corrected chi connectivity index (χ3v) is 2.72. The van der Waals surface area contributed by atoms with E-state index in [1.54, 1.807) is 5.51 Å². The van der Waals surface area contributed by atoms with Gasteiger partial charge in [0, 0.05) is 5.56 Å².